The Bertz CT molecular complexity index is 872. The molecule has 5 heteroatoms. The molecule has 0 aliphatic heterocycles. The molecule has 2 aromatic carbocycles. The molecule has 1 aromatic heterocycles. The maximum Gasteiger partial charge on any atom is 0.266 e. The number of rotatable bonds is 2. The number of fused-ring (bicyclic) bond motifs is 1. The van der Waals surface area contributed by atoms with Gasteiger partial charge in [-0.1, -0.05) is 62.2 Å². The highest BCUT2D eigenvalue weighted by Gasteiger charge is 2.17. The predicted molar refractivity (Wildman–Crippen MR) is 92.7 cm³/mol. The Morgan fingerprint density at radius 1 is 1.05 bits per heavy atom. The molecule has 3 rings (SSSR count). The first-order valence-corrected chi connectivity index (χ1v) is 8.28. The second-order valence-electron chi connectivity index (χ2n) is 4.71. The lowest BCUT2D eigenvalue weighted by atomic mass is 10.2. The quantitative estimate of drug-likeness (QED) is 0.587. The number of halogens is 2. The van der Waals surface area contributed by atoms with Gasteiger partial charge in [-0.3, -0.25) is 9.36 Å². The van der Waals surface area contributed by atoms with Gasteiger partial charge in [0, 0.05) is 0 Å². The van der Waals surface area contributed by atoms with Crippen molar-refractivity contribution >= 4 is 42.8 Å². The predicted octanol–water partition coefficient (Wildman–Crippen LogP) is 4.48. The molecular formula is C16H12Br2N2O. The minimum Gasteiger partial charge on any atom is -0.268 e. The first-order chi connectivity index (χ1) is 10.1. The van der Waals surface area contributed by atoms with Crippen molar-refractivity contribution in [3.05, 3.63) is 70.3 Å². The second-order valence-corrected chi connectivity index (χ2v) is 7.78. The Hall–Kier alpha value is -1.46. The Balaban J connectivity index is 2.46. The van der Waals surface area contributed by atoms with Crippen LogP contribution in [0, 0.1) is 6.92 Å². The van der Waals surface area contributed by atoms with Gasteiger partial charge >= 0.3 is 0 Å². The van der Waals surface area contributed by atoms with Gasteiger partial charge in [0.2, 0.25) is 0 Å². The average Bonchev–Trinajstić information content (AvgIpc) is 2.48. The Morgan fingerprint density at radius 3 is 2.43 bits per heavy atom. The van der Waals surface area contributed by atoms with Gasteiger partial charge in [-0.05, 0) is 30.7 Å². The molecule has 0 N–H and O–H groups in total. The van der Waals surface area contributed by atoms with Crippen LogP contribution < -0.4 is 5.56 Å². The fourth-order valence-electron chi connectivity index (χ4n) is 2.34. The van der Waals surface area contributed by atoms with Gasteiger partial charge in [0.25, 0.3) is 5.56 Å². The third kappa shape index (κ3) is 2.56. The summed E-state index contributed by atoms with van der Waals surface area (Å²) in [5.41, 5.74) is 2.51. The lowest BCUT2D eigenvalue weighted by molar-refractivity contribution is 0.878. The van der Waals surface area contributed by atoms with Crippen LogP contribution >= 0.6 is 31.9 Å². The minimum absolute atomic E-state index is 0.0613. The summed E-state index contributed by atoms with van der Waals surface area (Å²) >= 11 is 6.94. The van der Waals surface area contributed by atoms with E-state index in [0.29, 0.717) is 16.7 Å². The van der Waals surface area contributed by atoms with Crippen LogP contribution in [-0.4, -0.2) is 9.55 Å². The van der Waals surface area contributed by atoms with Crippen LogP contribution in [0.15, 0.2) is 53.3 Å². The molecule has 21 heavy (non-hydrogen) atoms. The van der Waals surface area contributed by atoms with E-state index in [9.17, 15) is 4.79 Å². The summed E-state index contributed by atoms with van der Waals surface area (Å²) in [5.74, 6) is 0.632. The van der Waals surface area contributed by atoms with E-state index >= 15 is 0 Å². The number of alkyl halides is 2. The van der Waals surface area contributed by atoms with Crippen LogP contribution in [0.25, 0.3) is 16.6 Å². The summed E-state index contributed by atoms with van der Waals surface area (Å²) in [7, 11) is 0. The molecular weight excluding hydrogens is 396 g/mol. The third-order valence-corrected chi connectivity index (χ3v) is 4.17. The van der Waals surface area contributed by atoms with Crippen LogP contribution in [0.2, 0.25) is 0 Å². The van der Waals surface area contributed by atoms with Crippen LogP contribution in [0.4, 0.5) is 0 Å². The molecule has 0 spiro atoms. The largest absolute Gasteiger partial charge is 0.268 e. The van der Waals surface area contributed by atoms with Gasteiger partial charge in [-0.2, -0.15) is 0 Å². The van der Waals surface area contributed by atoms with Crippen LogP contribution in [0.5, 0.6) is 0 Å². The van der Waals surface area contributed by atoms with Crippen molar-refractivity contribution in [2.24, 2.45) is 0 Å². The summed E-state index contributed by atoms with van der Waals surface area (Å²) in [5, 5.41) is 0.616. The van der Waals surface area contributed by atoms with E-state index in [-0.39, 0.29) is 9.30 Å². The molecule has 0 aliphatic rings. The maximum absolute atomic E-state index is 12.9. The molecule has 0 fully saturated rings. The second kappa shape index (κ2) is 5.73. The number of aryl methyl sites for hydroxylation is 1. The Morgan fingerprint density at radius 2 is 1.71 bits per heavy atom. The Labute approximate surface area is 138 Å². The monoisotopic (exact) mass is 406 g/mol. The molecule has 0 aliphatic carbocycles. The zero-order valence-corrected chi connectivity index (χ0v) is 14.4. The van der Waals surface area contributed by atoms with Gasteiger partial charge in [0.1, 0.15) is 9.56 Å². The van der Waals surface area contributed by atoms with E-state index in [0.717, 1.165) is 11.3 Å². The molecule has 106 valence electrons. The van der Waals surface area contributed by atoms with Gasteiger partial charge in [0.15, 0.2) is 0 Å². The topological polar surface area (TPSA) is 34.9 Å². The lowest BCUT2D eigenvalue weighted by Crippen LogP contribution is -2.24. The van der Waals surface area contributed by atoms with E-state index in [1.165, 1.54) is 0 Å². The van der Waals surface area contributed by atoms with Gasteiger partial charge in [-0.25, -0.2) is 4.98 Å². The molecule has 1 heterocycles. The molecule has 0 bridgehead atoms. The summed E-state index contributed by atoms with van der Waals surface area (Å²) < 4.78 is 1.45. The van der Waals surface area contributed by atoms with Gasteiger partial charge in [-0.15, -0.1) is 0 Å². The van der Waals surface area contributed by atoms with Crippen LogP contribution in [-0.2, 0) is 0 Å². The fraction of sp³-hybridized carbons (Fsp3) is 0.125. The van der Waals surface area contributed by atoms with Crippen molar-refractivity contribution in [3.8, 4) is 5.69 Å². The number of hydrogen-bond donors (Lipinski definition) is 0. The van der Waals surface area contributed by atoms with Gasteiger partial charge in [0.05, 0.1) is 16.6 Å². The molecule has 0 atom stereocenters. The highest BCUT2D eigenvalue weighted by atomic mass is 79.9. The van der Waals surface area contributed by atoms with Crippen molar-refractivity contribution in [3.63, 3.8) is 0 Å². The van der Waals surface area contributed by atoms with Crippen LogP contribution in [0.3, 0.4) is 0 Å². The zero-order valence-electron chi connectivity index (χ0n) is 11.3. The third-order valence-electron chi connectivity index (χ3n) is 3.35. The number of benzene rings is 2. The zero-order chi connectivity index (χ0) is 15.0. The van der Waals surface area contributed by atoms with Crippen molar-refractivity contribution in [1.29, 1.82) is 0 Å². The van der Waals surface area contributed by atoms with Crippen molar-refractivity contribution in [1.82, 2.24) is 9.55 Å². The molecule has 0 radical (unpaired) electrons. The smallest absolute Gasteiger partial charge is 0.266 e. The number of hydrogen-bond acceptors (Lipinski definition) is 2. The summed E-state index contributed by atoms with van der Waals surface area (Å²) in [6.07, 6.45) is 0. The first-order valence-electron chi connectivity index (χ1n) is 6.45. The van der Waals surface area contributed by atoms with E-state index < -0.39 is 0 Å². The lowest BCUT2D eigenvalue weighted by Gasteiger charge is -2.16. The van der Waals surface area contributed by atoms with E-state index in [1.807, 2.05) is 49.4 Å². The fourth-order valence-corrected chi connectivity index (χ4v) is 2.96. The molecule has 3 nitrogen and oxygen atoms in total. The van der Waals surface area contributed by atoms with E-state index in [4.69, 9.17) is 0 Å². The van der Waals surface area contributed by atoms with E-state index in [2.05, 4.69) is 36.8 Å². The summed E-state index contributed by atoms with van der Waals surface area (Å²) in [6, 6.07) is 15.2. The number of nitrogens with zero attached hydrogens (tertiary/aromatic N) is 2. The maximum atomic E-state index is 12.9. The van der Waals surface area contributed by atoms with E-state index in [1.54, 1.807) is 10.6 Å². The number of aromatic nitrogens is 2. The molecule has 0 saturated carbocycles. The highest BCUT2D eigenvalue weighted by Crippen LogP contribution is 2.30. The minimum atomic E-state index is -0.207. The standard InChI is InChI=1S/C16H12Br2N2O/c1-10-6-2-5-9-13(10)20-15(14(17)18)19-12-8-4-3-7-11(12)16(20)21/h2-9,14H,1H3. The molecule has 0 unspecified atom stereocenters. The summed E-state index contributed by atoms with van der Waals surface area (Å²) in [4.78, 5) is 17.5. The Kier molecular flexibility index (Phi) is 3.95. The summed E-state index contributed by atoms with van der Waals surface area (Å²) in [6.45, 7) is 1.98. The van der Waals surface area contributed by atoms with Crippen molar-refractivity contribution < 1.29 is 0 Å². The normalized spacial score (nSPS) is 11.2. The van der Waals surface area contributed by atoms with Crippen molar-refractivity contribution in [2.45, 2.75) is 10.7 Å². The number of para-hydroxylation sites is 2. The van der Waals surface area contributed by atoms with Gasteiger partial charge < -0.3 is 0 Å². The average molecular weight is 408 g/mol. The molecule has 3 aromatic rings. The van der Waals surface area contributed by atoms with Crippen molar-refractivity contribution in [2.75, 3.05) is 0 Å². The highest BCUT2D eigenvalue weighted by molar-refractivity contribution is 9.24. The molecule has 0 amide bonds. The SMILES string of the molecule is Cc1ccccc1-n1c(C(Br)Br)nc2ccccc2c1=O. The first kappa shape index (κ1) is 14.5. The van der Waals surface area contributed by atoms with Crippen LogP contribution in [0.1, 0.15) is 15.1 Å². The molecule has 0 saturated heterocycles.